The van der Waals surface area contributed by atoms with Crippen LogP contribution in [0.3, 0.4) is 0 Å². The van der Waals surface area contributed by atoms with Gasteiger partial charge in [-0.05, 0) is 30.3 Å². The van der Waals surface area contributed by atoms with Crippen LogP contribution in [0.15, 0.2) is 48.5 Å². The number of nitrogens with zero attached hydrogens (tertiary/aromatic N) is 2. The molecule has 3 rings (SSSR count). The molecule has 1 heterocycles. The minimum Gasteiger partial charge on any atom is -0.493 e. The van der Waals surface area contributed by atoms with Crippen molar-refractivity contribution in [3.63, 3.8) is 0 Å². The highest BCUT2D eigenvalue weighted by molar-refractivity contribution is 6.07. The lowest BCUT2D eigenvalue weighted by molar-refractivity contribution is -0.137. The molecule has 0 unspecified atom stereocenters. The van der Waals surface area contributed by atoms with E-state index in [1.54, 1.807) is 50.2 Å². The van der Waals surface area contributed by atoms with Gasteiger partial charge in [0, 0.05) is 5.56 Å². The van der Waals surface area contributed by atoms with Gasteiger partial charge in [-0.2, -0.15) is 5.10 Å². The number of ether oxygens (including phenoxy) is 4. The number of carbonyl (C=O) groups excluding carboxylic acids is 3. The van der Waals surface area contributed by atoms with Gasteiger partial charge in [0.2, 0.25) is 0 Å². The van der Waals surface area contributed by atoms with Crippen molar-refractivity contribution >= 4 is 17.9 Å². The second-order valence-electron chi connectivity index (χ2n) is 7.24. The van der Waals surface area contributed by atoms with E-state index in [0.29, 0.717) is 11.3 Å². The van der Waals surface area contributed by atoms with Crippen LogP contribution in [-0.2, 0) is 14.3 Å². The van der Waals surface area contributed by atoms with Crippen LogP contribution in [0.4, 0.5) is 0 Å². The van der Waals surface area contributed by atoms with Gasteiger partial charge in [-0.1, -0.05) is 32.0 Å². The third-order valence-electron chi connectivity index (χ3n) is 4.77. The summed E-state index contributed by atoms with van der Waals surface area (Å²) in [6.07, 6.45) is 0. The van der Waals surface area contributed by atoms with Crippen molar-refractivity contribution in [1.82, 2.24) is 9.78 Å². The summed E-state index contributed by atoms with van der Waals surface area (Å²) in [7, 11) is 3.85. The summed E-state index contributed by atoms with van der Waals surface area (Å²) in [6, 6.07) is 13.5. The predicted molar refractivity (Wildman–Crippen MR) is 119 cm³/mol. The summed E-state index contributed by atoms with van der Waals surface area (Å²) in [5.41, 5.74) is 1.01. The van der Waals surface area contributed by atoms with Gasteiger partial charge in [0.25, 0.3) is 0 Å². The molecule has 0 fully saturated rings. The fourth-order valence-corrected chi connectivity index (χ4v) is 3.08. The molecule has 0 spiro atoms. The number of esters is 3. The van der Waals surface area contributed by atoms with Gasteiger partial charge in [-0.25, -0.2) is 14.3 Å². The van der Waals surface area contributed by atoms with E-state index in [-0.39, 0.29) is 34.4 Å². The van der Waals surface area contributed by atoms with E-state index >= 15 is 0 Å². The maximum atomic E-state index is 12.8. The molecular formula is C24H24N2O7. The molecule has 0 aliphatic rings. The van der Waals surface area contributed by atoms with Crippen LogP contribution in [0, 0.1) is 5.92 Å². The lowest BCUT2D eigenvalue weighted by Crippen LogP contribution is -2.15. The average molecular weight is 452 g/mol. The molecule has 0 aliphatic heterocycles. The lowest BCUT2D eigenvalue weighted by atomic mass is 10.0. The first kappa shape index (κ1) is 23.5. The highest BCUT2D eigenvalue weighted by Crippen LogP contribution is 2.35. The highest BCUT2D eigenvalue weighted by atomic mass is 16.6. The summed E-state index contributed by atoms with van der Waals surface area (Å²) in [4.78, 5) is 37.5. The van der Waals surface area contributed by atoms with Gasteiger partial charge < -0.3 is 18.9 Å². The van der Waals surface area contributed by atoms with Crippen molar-refractivity contribution in [3.8, 4) is 28.4 Å². The summed E-state index contributed by atoms with van der Waals surface area (Å²) < 4.78 is 22.0. The van der Waals surface area contributed by atoms with E-state index in [1.807, 2.05) is 6.07 Å². The second-order valence-corrected chi connectivity index (χ2v) is 7.24. The molecule has 0 N–H and O–H groups in total. The number of hydrogen-bond donors (Lipinski definition) is 0. The predicted octanol–water partition coefficient (Wildman–Crippen LogP) is 3.68. The van der Waals surface area contributed by atoms with Crippen molar-refractivity contribution in [2.75, 3.05) is 21.3 Å². The number of carbonyl (C=O) groups is 3. The molecule has 0 saturated heterocycles. The lowest BCUT2D eigenvalue weighted by Gasteiger charge is -2.12. The quantitative estimate of drug-likeness (QED) is 0.395. The van der Waals surface area contributed by atoms with Crippen LogP contribution in [0.25, 0.3) is 16.9 Å². The third-order valence-corrected chi connectivity index (χ3v) is 4.77. The Bertz CT molecular complexity index is 1180. The summed E-state index contributed by atoms with van der Waals surface area (Å²) in [5, 5.41) is 4.53. The molecule has 1 aromatic heterocycles. The zero-order chi connectivity index (χ0) is 24.1. The topological polar surface area (TPSA) is 106 Å². The maximum Gasteiger partial charge on any atom is 0.357 e. The van der Waals surface area contributed by atoms with Gasteiger partial charge in [-0.3, -0.25) is 4.79 Å². The SMILES string of the molecule is COC(=O)c1c(-c2ccc(OC(=O)C(C)C)c(OC)c2)nn(-c2ccccc2)c1C(=O)OC. The molecular weight excluding hydrogens is 428 g/mol. The fourth-order valence-electron chi connectivity index (χ4n) is 3.08. The molecule has 0 radical (unpaired) electrons. The van der Waals surface area contributed by atoms with E-state index in [9.17, 15) is 14.4 Å². The first-order valence-electron chi connectivity index (χ1n) is 10.1. The Morgan fingerprint density at radius 3 is 2.12 bits per heavy atom. The number of rotatable bonds is 7. The number of aromatic nitrogens is 2. The van der Waals surface area contributed by atoms with Crippen LogP contribution in [-0.4, -0.2) is 49.0 Å². The molecule has 0 aliphatic carbocycles. The minimum atomic E-state index is -0.762. The van der Waals surface area contributed by atoms with Crippen LogP contribution in [0.5, 0.6) is 11.5 Å². The van der Waals surface area contributed by atoms with E-state index in [2.05, 4.69) is 5.10 Å². The third kappa shape index (κ3) is 4.72. The van der Waals surface area contributed by atoms with Gasteiger partial charge in [0.1, 0.15) is 11.3 Å². The van der Waals surface area contributed by atoms with Crippen molar-refractivity contribution in [2.45, 2.75) is 13.8 Å². The monoisotopic (exact) mass is 452 g/mol. The maximum absolute atomic E-state index is 12.8. The van der Waals surface area contributed by atoms with Crippen LogP contribution >= 0.6 is 0 Å². The van der Waals surface area contributed by atoms with Crippen molar-refractivity contribution in [2.24, 2.45) is 5.92 Å². The summed E-state index contributed by atoms with van der Waals surface area (Å²) in [5.74, 6) is -1.79. The van der Waals surface area contributed by atoms with E-state index in [0.717, 1.165) is 0 Å². The average Bonchev–Trinajstić information content (AvgIpc) is 3.24. The van der Waals surface area contributed by atoms with Gasteiger partial charge in [-0.15, -0.1) is 0 Å². The zero-order valence-corrected chi connectivity index (χ0v) is 18.9. The molecule has 33 heavy (non-hydrogen) atoms. The van der Waals surface area contributed by atoms with Crippen LogP contribution in [0.2, 0.25) is 0 Å². The van der Waals surface area contributed by atoms with Crippen LogP contribution < -0.4 is 9.47 Å². The summed E-state index contributed by atoms with van der Waals surface area (Å²) in [6.45, 7) is 3.44. The summed E-state index contributed by atoms with van der Waals surface area (Å²) >= 11 is 0. The molecule has 9 nitrogen and oxygen atoms in total. The Morgan fingerprint density at radius 1 is 0.879 bits per heavy atom. The van der Waals surface area contributed by atoms with Crippen molar-refractivity contribution in [1.29, 1.82) is 0 Å². The van der Waals surface area contributed by atoms with E-state index in [4.69, 9.17) is 18.9 Å². The minimum absolute atomic E-state index is 0.0674. The van der Waals surface area contributed by atoms with E-state index < -0.39 is 17.9 Å². The molecule has 0 bridgehead atoms. The molecule has 172 valence electrons. The Kier molecular flexibility index (Phi) is 7.12. The number of methoxy groups -OCH3 is 3. The molecule has 3 aromatic rings. The standard InChI is InChI=1S/C24H24N2O7/c1-14(2)22(27)33-17-12-11-15(13-18(17)30-3)20-19(23(28)31-4)21(24(29)32-5)26(25-20)16-9-7-6-8-10-16/h6-14H,1-5H3. The van der Waals surface area contributed by atoms with Crippen molar-refractivity contribution in [3.05, 3.63) is 59.8 Å². The molecule has 2 aromatic carbocycles. The number of benzene rings is 2. The Balaban J connectivity index is 2.24. The highest BCUT2D eigenvalue weighted by Gasteiger charge is 2.31. The molecule has 0 saturated carbocycles. The van der Waals surface area contributed by atoms with Crippen LogP contribution in [0.1, 0.15) is 34.7 Å². The Hall–Kier alpha value is -4.14. The second kappa shape index (κ2) is 9.99. The number of hydrogen-bond acceptors (Lipinski definition) is 8. The fraction of sp³-hybridized carbons (Fsp3) is 0.250. The normalized spacial score (nSPS) is 10.6. The first-order valence-corrected chi connectivity index (χ1v) is 10.1. The smallest absolute Gasteiger partial charge is 0.357 e. The Morgan fingerprint density at radius 2 is 1.55 bits per heavy atom. The van der Waals surface area contributed by atoms with Gasteiger partial charge in [0.15, 0.2) is 17.2 Å². The van der Waals surface area contributed by atoms with Crippen molar-refractivity contribution < 1.29 is 33.3 Å². The largest absolute Gasteiger partial charge is 0.493 e. The zero-order valence-electron chi connectivity index (χ0n) is 18.9. The van der Waals surface area contributed by atoms with Gasteiger partial charge in [0.05, 0.1) is 32.9 Å². The number of para-hydroxylation sites is 1. The first-order chi connectivity index (χ1) is 15.8. The molecule has 0 atom stereocenters. The van der Waals surface area contributed by atoms with E-state index in [1.165, 1.54) is 32.1 Å². The molecule has 0 amide bonds. The Labute approximate surface area is 190 Å². The van der Waals surface area contributed by atoms with Gasteiger partial charge >= 0.3 is 17.9 Å². The molecule has 9 heteroatoms.